The molecular weight excluding hydrogens is 266 g/mol. The second-order valence-corrected chi connectivity index (χ2v) is 5.82. The number of alkyl halides is 1. The molecule has 1 aromatic heterocycles. The molecule has 2 nitrogen and oxygen atoms in total. The Balaban J connectivity index is 2.87. The first kappa shape index (κ1) is 15.5. The van der Waals surface area contributed by atoms with Gasteiger partial charge in [0.05, 0.1) is 4.88 Å². The fourth-order valence-electron chi connectivity index (χ4n) is 2.09. The first-order chi connectivity index (χ1) is 8.67. The SMILES string of the molecule is CCc1ccc(C(=O)N(CCCl)C(CC)CC)s1. The second kappa shape index (κ2) is 7.80. The maximum absolute atomic E-state index is 12.5. The van der Waals surface area contributed by atoms with Gasteiger partial charge >= 0.3 is 0 Å². The van der Waals surface area contributed by atoms with Crippen LogP contribution in [0.1, 0.15) is 48.2 Å². The van der Waals surface area contributed by atoms with E-state index < -0.39 is 0 Å². The summed E-state index contributed by atoms with van der Waals surface area (Å²) in [5.74, 6) is 0.628. The molecule has 0 fully saturated rings. The Labute approximate surface area is 119 Å². The average Bonchev–Trinajstić information content (AvgIpc) is 2.87. The normalized spacial score (nSPS) is 10.9. The average molecular weight is 288 g/mol. The van der Waals surface area contributed by atoms with E-state index in [0.717, 1.165) is 24.1 Å². The van der Waals surface area contributed by atoms with E-state index in [2.05, 4.69) is 20.8 Å². The third-order valence-electron chi connectivity index (χ3n) is 3.19. The number of halogens is 1. The number of amides is 1. The van der Waals surface area contributed by atoms with E-state index in [1.165, 1.54) is 4.88 Å². The van der Waals surface area contributed by atoms with Crippen LogP contribution in [-0.2, 0) is 6.42 Å². The lowest BCUT2D eigenvalue weighted by Crippen LogP contribution is -2.40. The first-order valence-corrected chi connectivity index (χ1v) is 7.98. The highest BCUT2D eigenvalue weighted by atomic mass is 35.5. The number of carbonyl (C=O) groups excluding carboxylic acids is 1. The molecule has 0 unspecified atom stereocenters. The molecule has 0 bridgehead atoms. The maximum atomic E-state index is 12.5. The zero-order valence-electron chi connectivity index (χ0n) is 11.4. The summed E-state index contributed by atoms with van der Waals surface area (Å²) in [5.41, 5.74) is 0. The van der Waals surface area contributed by atoms with Gasteiger partial charge in [-0.05, 0) is 31.4 Å². The minimum atomic E-state index is 0.133. The third-order valence-corrected chi connectivity index (χ3v) is 4.58. The number of hydrogen-bond acceptors (Lipinski definition) is 2. The summed E-state index contributed by atoms with van der Waals surface area (Å²) in [7, 11) is 0. The van der Waals surface area contributed by atoms with Crippen LogP contribution in [0.25, 0.3) is 0 Å². The molecule has 0 saturated heterocycles. The Hall–Kier alpha value is -0.540. The van der Waals surface area contributed by atoms with Crippen molar-refractivity contribution >= 4 is 28.8 Å². The van der Waals surface area contributed by atoms with Gasteiger partial charge < -0.3 is 4.90 Å². The van der Waals surface area contributed by atoms with Gasteiger partial charge in [0.2, 0.25) is 0 Å². The van der Waals surface area contributed by atoms with Crippen molar-refractivity contribution in [3.05, 3.63) is 21.9 Å². The molecule has 0 aliphatic heterocycles. The zero-order chi connectivity index (χ0) is 13.5. The molecule has 0 N–H and O–H groups in total. The van der Waals surface area contributed by atoms with Gasteiger partial charge in [-0.3, -0.25) is 4.79 Å². The van der Waals surface area contributed by atoms with Gasteiger partial charge in [-0.25, -0.2) is 0 Å². The number of hydrogen-bond donors (Lipinski definition) is 0. The summed E-state index contributed by atoms with van der Waals surface area (Å²) in [5, 5.41) is 0. The molecule has 4 heteroatoms. The van der Waals surface area contributed by atoms with Crippen LogP contribution in [0.5, 0.6) is 0 Å². The fraction of sp³-hybridized carbons (Fsp3) is 0.643. The van der Waals surface area contributed by atoms with E-state index in [0.29, 0.717) is 18.5 Å². The van der Waals surface area contributed by atoms with E-state index in [-0.39, 0.29) is 5.91 Å². The van der Waals surface area contributed by atoms with E-state index in [1.54, 1.807) is 11.3 Å². The van der Waals surface area contributed by atoms with Crippen molar-refractivity contribution in [2.45, 2.75) is 46.1 Å². The Morgan fingerprint density at radius 1 is 1.33 bits per heavy atom. The van der Waals surface area contributed by atoms with E-state index in [9.17, 15) is 4.79 Å². The highest BCUT2D eigenvalue weighted by Crippen LogP contribution is 2.21. The highest BCUT2D eigenvalue weighted by Gasteiger charge is 2.22. The lowest BCUT2D eigenvalue weighted by Gasteiger charge is -2.29. The maximum Gasteiger partial charge on any atom is 0.264 e. The Morgan fingerprint density at radius 3 is 2.44 bits per heavy atom. The largest absolute Gasteiger partial charge is 0.334 e. The van der Waals surface area contributed by atoms with Crippen LogP contribution in [0, 0.1) is 0 Å². The van der Waals surface area contributed by atoms with Crippen LogP contribution in [0.2, 0.25) is 0 Å². The predicted molar refractivity (Wildman–Crippen MR) is 79.8 cm³/mol. The van der Waals surface area contributed by atoms with Crippen LogP contribution >= 0.6 is 22.9 Å². The monoisotopic (exact) mass is 287 g/mol. The molecule has 1 rings (SSSR count). The number of rotatable bonds is 7. The third kappa shape index (κ3) is 3.72. The molecule has 1 heterocycles. The van der Waals surface area contributed by atoms with Gasteiger partial charge in [0.15, 0.2) is 0 Å². The van der Waals surface area contributed by atoms with E-state index in [4.69, 9.17) is 11.6 Å². The van der Waals surface area contributed by atoms with Crippen LogP contribution in [-0.4, -0.2) is 29.3 Å². The minimum Gasteiger partial charge on any atom is -0.334 e. The Bertz CT molecular complexity index is 374. The molecule has 1 aromatic rings. The van der Waals surface area contributed by atoms with Gasteiger partial charge in [0, 0.05) is 23.3 Å². The van der Waals surface area contributed by atoms with Crippen molar-refractivity contribution in [2.75, 3.05) is 12.4 Å². The standard InChI is InChI=1S/C14H22ClNOS/c1-4-11(5-2)16(10-9-15)14(17)13-8-7-12(6-3)18-13/h7-8,11H,4-6,9-10H2,1-3H3. The minimum absolute atomic E-state index is 0.133. The molecule has 0 atom stereocenters. The summed E-state index contributed by atoms with van der Waals surface area (Å²) >= 11 is 7.43. The smallest absolute Gasteiger partial charge is 0.264 e. The van der Waals surface area contributed by atoms with Gasteiger partial charge in [-0.15, -0.1) is 22.9 Å². The van der Waals surface area contributed by atoms with Crippen molar-refractivity contribution in [3.63, 3.8) is 0 Å². The van der Waals surface area contributed by atoms with Gasteiger partial charge in [0.25, 0.3) is 5.91 Å². The molecule has 0 aliphatic rings. The van der Waals surface area contributed by atoms with Crippen LogP contribution in [0.15, 0.2) is 12.1 Å². The molecule has 0 saturated carbocycles. The highest BCUT2D eigenvalue weighted by molar-refractivity contribution is 7.14. The quantitative estimate of drug-likeness (QED) is 0.689. The summed E-state index contributed by atoms with van der Waals surface area (Å²) in [6.45, 7) is 6.98. The van der Waals surface area contributed by atoms with Gasteiger partial charge in [-0.1, -0.05) is 20.8 Å². The van der Waals surface area contributed by atoms with E-state index in [1.807, 2.05) is 17.0 Å². The topological polar surface area (TPSA) is 20.3 Å². The van der Waals surface area contributed by atoms with Crippen molar-refractivity contribution in [1.82, 2.24) is 4.90 Å². The van der Waals surface area contributed by atoms with Crippen LogP contribution < -0.4 is 0 Å². The Morgan fingerprint density at radius 2 is 2.00 bits per heavy atom. The van der Waals surface area contributed by atoms with Gasteiger partial charge in [-0.2, -0.15) is 0 Å². The van der Waals surface area contributed by atoms with E-state index >= 15 is 0 Å². The molecule has 0 radical (unpaired) electrons. The van der Waals surface area contributed by atoms with Crippen molar-refractivity contribution in [2.24, 2.45) is 0 Å². The summed E-state index contributed by atoms with van der Waals surface area (Å²) < 4.78 is 0. The number of carbonyl (C=O) groups is 1. The van der Waals surface area contributed by atoms with Crippen molar-refractivity contribution in [1.29, 1.82) is 0 Å². The molecular formula is C14H22ClNOS. The summed E-state index contributed by atoms with van der Waals surface area (Å²) in [6, 6.07) is 4.28. The molecule has 102 valence electrons. The number of nitrogens with zero attached hydrogens (tertiary/aromatic N) is 1. The molecule has 0 aliphatic carbocycles. The number of aryl methyl sites for hydroxylation is 1. The van der Waals surface area contributed by atoms with Gasteiger partial charge in [0.1, 0.15) is 0 Å². The first-order valence-electron chi connectivity index (χ1n) is 6.63. The fourth-order valence-corrected chi connectivity index (χ4v) is 3.18. The lowest BCUT2D eigenvalue weighted by atomic mass is 10.1. The lowest BCUT2D eigenvalue weighted by molar-refractivity contribution is 0.0686. The van der Waals surface area contributed by atoms with Crippen LogP contribution in [0.4, 0.5) is 0 Å². The Kier molecular flexibility index (Phi) is 6.72. The zero-order valence-corrected chi connectivity index (χ0v) is 13.0. The van der Waals surface area contributed by atoms with Crippen LogP contribution in [0.3, 0.4) is 0 Å². The predicted octanol–water partition coefficient (Wildman–Crippen LogP) is 4.18. The summed E-state index contributed by atoms with van der Waals surface area (Å²) in [6.07, 6.45) is 2.94. The number of thiophene rings is 1. The van der Waals surface area contributed by atoms with Crippen molar-refractivity contribution in [3.8, 4) is 0 Å². The molecule has 0 aromatic carbocycles. The van der Waals surface area contributed by atoms with Crippen molar-refractivity contribution < 1.29 is 4.79 Å². The molecule has 1 amide bonds. The summed E-state index contributed by atoms with van der Waals surface area (Å²) in [4.78, 5) is 16.5. The molecule has 0 spiro atoms. The molecule has 18 heavy (non-hydrogen) atoms. The second-order valence-electron chi connectivity index (χ2n) is 4.28.